The number of rotatable bonds is 7. The lowest BCUT2D eigenvalue weighted by Gasteiger charge is -2.14. The van der Waals surface area contributed by atoms with Crippen LogP contribution in [0.25, 0.3) is 0 Å². The number of para-hydroxylation sites is 1. The summed E-state index contributed by atoms with van der Waals surface area (Å²) in [6.07, 6.45) is 0. The van der Waals surface area contributed by atoms with Crippen LogP contribution in [0.3, 0.4) is 0 Å². The monoisotopic (exact) mass is 403 g/mol. The van der Waals surface area contributed by atoms with Crippen LogP contribution in [-0.2, 0) is 6.61 Å². The van der Waals surface area contributed by atoms with Crippen molar-refractivity contribution in [2.75, 3.05) is 19.5 Å². The second kappa shape index (κ2) is 8.62. The molecule has 0 aliphatic heterocycles. The van der Waals surface area contributed by atoms with Crippen molar-refractivity contribution >= 4 is 23.2 Å². The molecule has 1 N–H and O–H groups in total. The number of methoxy groups -OCH3 is 2. The van der Waals surface area contributed by atoms with Gasteiger partial charge in [0.05, 0.1) is 30.5 Å². The van der Waals surface area contributed by atoms with Crippen LogP contribution in [0.2, 0.25) is 5.02 Å². The van der Waals surface area contributed by atoms with Crippen LogP contribution >= 0.6 is 11.6 Å². The molecule has 0 fully saturated rings. The molecule has 0 unspecified atom stereocenters. The zero-order valence-electron chi connectivity index (χ0n) is 15.5. The van der Waals surface area contributed by atoms with E-state index in [2.05, 4.69) is 15.5 Å². The predicted octanol–water partition coefficient (Wildman–Crippen LogP) is 3.88. The zero-order chi connectivity index (χ0) is 20.1. The van der Waals surface area contributed by atoms with Gasteiger partial charge in [0.2, 0.25) is 11.7 Å². The second-order valence-corrected chi connectivity index (χ2v) is 6.06. The fourth-order valence-electron chi connectivity index (χ4n) is 2.47. The van der Waals surface area contributed by atoms with Gasteiger partial charge >= 0.3 is 0 Å². The molecule has 1 heterocycles. The Kier molecular flexibility index (Phi) is 6.00. The fraction of sp³-hybridized carbons (Fsp3) is 0.211. The van der Waals surface area contributed by atoms with Gasteiger partial charge < -0.3 is 24.1 Å². The van der Waals surface area contributed by atoms with Crippen molar-refractivity contribution < 1.29 is 23.5 Å². The van der Waals surface area contributed by atoms with Crippen molar-refractivity contribution in [1.29, 1.82) is 0 Å². The van der Waals surface area contributed by atoms with Crippen molar-refractivity contribution in [3.8, 4) is 17.2 Å². The van der Waals surface area contributed by atoms with Crippen LogP contribution < -0.4 is 19.5 Å². The number of aryl methyl sites for hydroxylation is 1. The Balaban J connectivity index is 1.80. The first-order valence-corrected chi connectivity index (χ1v) is 8.63. The molecular weight excluding hydrogens is 386 g/mol. The zero-order valence-corrected chi connectivity index (χ0v) is 16.2. The number of halogens is 1. The summed E-state index contributed by atoms with van der Waals surface area (Å²) in [7, 11) is 2.99. The van der Waals surface area contributed by atoms with Crippen LogP contribution in [0.5, 0.6) is 17.2 Å². The molecule has 0 aliphatic rings. The number of ether oxygens (including phenoxy) is 3. The Morgan fingerprint density at radius 1 is 1.14 bits per heavy atom. The largest absolute Gasteiger partial charge is 0.495 e. The molecule has 1 amide bonds. The molecule has 0 atom stereocenters. The van der Waals surface area contributed by atoms with E-state index in [1.54, 1.807) is 43.3 Å². The molecule has 8 nitrogen and oxygen atoms in total. The SMILES string of the molecule is COc1cc(OC)c(NC(=O)c2ccccc2OCc2noc(C)n2)cc1Cl. The molecule has 0 radical (unpaired) electrons. The van der Waals surface area contributed by atoms with Crippen molar-refractivity contribution in [3.63, 3.8) is 0 Å². The number of anilines is 1. The number of hydrogen-bond donors (Lipinski definition) is 1. The quantitative estimate of drug-likeness (QED) is 0.639. The van der Waals surface area contributed by atoms with E-state index in [9.17, 15) is 4.79 Å². The van der Waals surface area contributed by atoms with Crippen molar-refractivity contribution in [3.05, 3.63) is 58.7 Å². The average Bonchev–Trinajstić information content (AvgIpc) is 3.12. The highest BCUT2D eigenvalue weighted by molar-refractivity contribution is 6.32. The number of benzene rings is 2. The number of hydrogen-bond acceptors (Lipinski definition) is 7. The van der Waals surface area contributed by atoms with E-state index in [0.717, 1.165) is 0 Å². The summed E-state index contributed by atoms with van der Waals surface area (Å²) >= 11 is 6.16. The van der Waals surface area contributed by atoms with Crippen LogP contribution in [0.4, 0.5) is 5.69 Å². The predicted molar refractivity (Wildman–Crippen MR) is 102 cm³/mol. The van der Waals surface area contributed by atoms with Gasteiger partial charge in [0, 0.05) is 13.0 Å². The summed E-state index contributed by atoms with van der Waals surface area (Å²) in [5.74, 6) is 1.66. The van der Waals surface area contributed by atoms with Gasteiger partial charge in [-0.1, -0.05) is 28.9 Å². The normalized spacial score (nSPS) is 10.4. The van der Waals surface area contributed by atoms with Gasteiger partial charge in [-0.3, -0.25) is 4.79 Å². The lowest BCUT2D eigenvalue weighted by atomic mass is 10.1. The summed E-state index contributed by atoms with van der Waals surface area (Å²) in [6, 6.07) is 9.97. The first-order chi connectivity index (χ1) is 13.5. The Morgan fingerprint density at radius 2 is 1.89 bits per heavy atom. The fourth-order valence-corrected chi connectivity index (χ4v) is 2.71. The third kappa shape index (κ3) is 4.34. The lowest BCUT2D eigenvalue weighted by molar-refractivity contribution is 0.102. The number of carbonyl (C=O) groups is 1. The van der Waals surface area contributed by atoms with Gasteiger partial charge in [0.25, 0.3) is 5.91 Å². The minimum Gasteiger partial charge on any atom is -0.495 e. The average molecular weight is 404 g/mol. The number of nitrogens with zero attached hydrogens (tertiary/aromatic N) is 2. The van der Waals surface area contributed by atoms with Crippen LogP contribution in [0, 0.1) is 6.92 Å². The highest BCUT2D eigenvalue weighted by Gasteiger charge is 2.17. The molecule has 0 saturated heterocycles. The third-order valence-electron chi connectivity index (χ3n) is 3.78. The van der Waals surface area contributed by atoms with Gasteiger partial charge in [-0.15, -0.1) is 0 Å². The molecule has 28 heavy (non-hydrogen) atoms. The summed E-state index contributed by atoms with van der Waals surface area (Å²) in [5, 5.41) is 6.89. The van der Waals surface area contributed by atoms with Gasteiger partial charge in [0.1, 0.15) is 17.2 Å². The van der Waals surface area contributed by atoms with E-state index < -0.39 is 0 Å². The van der Waals surface area contributed by atoms with Crippen molar-refractivity contribution in [2.45, 2.75) is 13.5 Å². The molecule has 9 heteroatoms. The van der Waals surface area contributed by atoms with Crippen LogP contribution in [-0.4, -0.2) is 30.3 Å². The minimum absolute atomic E-state index is 0.0688. The molecule has 1 aromatic heterocycles. The maximum atomic E-state index is 12.8. The van der Waals surface area contributed by atoms with Gasteiger partial charge in [0.15, 0.2) is 6.61 Å². The molecular formula is C19H18ClN3O5. The molecule has 3 rings (SSSR count). The summed E-state index contributed by atoms with van der Waals surface area (Å²) in [4.78, 5) is 16.9. The maximum absolute atomic E-state index is 12.8. The summed E-state index contributed by atoms with van der Waals surface area (Å²) in [5.41, 5.74) is 0.735. The first kappa shape index (κ1) is 19.5. The van der Waals surface area contributed by atoms with Crippen LogP contribution in [0.1, 0.15) is 22.1 Å². The molecule has 146 valence electrons. The topological polar surface area (TPSA) is 95.7 Å². The number of carbonyl (C=O) groups excluding carboxylic acids is 1. The smallest absolute Gasteiger partial charge is 0.259 e. The van der Waals surface area contributed by atoms with E-state index in [1.165, 1.54) is 14.2 Å². The van der Waals surface area contributed by atoms with Gasteiger partial charge in [-0.05, 0) is 18.2 Å². The van der Waals surface area contributed by atoms with Gasteiger partial charge in [-0.2, -0.15) is 4.98 Å². The number of nitrogens with one attached hydrogen (secondary N) is 1. The van der Waals surface area contributed by atoms with E-state index in [-0.39, 0.29) is 12.5 Å². The number of aromatic nitrogens is 2. The molecule has 3 aromatic rings. The van der Waals surface area contributed by atoms with E-state index in [4.69, 9.17) is 30.3 Å². The van der Waals surface area contributed by atoms with Gasteiger partial charge in [-0.25, -0.2) is 0 Å². The lowest BCUT2D eigenvalue weighted by Crippen LogP contribution is -2.14. The Labute approximate surface area is 166 Å². The van der Waals surface area contributed by atoms with E-state index >= 15 is 0 Å². The van der Waals surface area contributed by atoms with Crippen molar-refractivity contribution in [1.82, 2.24) is 10.1 Å². The molecule has 0 aliphatic carbocycles. The molecule has 0 bridgehead atoms. The summed E-state index contributed by atoms with van der Waals surface area (Å²) in [6.45, 7) is 1.75. The van der Waals surface area contributed by atoms with Crippen LogP contribution in [0.15, 0.2) is 40.9 Å². The highest BCUT2D eigenvalue weighted by Crippen LogP contribution is 2.36. The number of amides is 1. The molecule has 0 spiro atoms. The molecule has 2 aromatic carbocycles. The maximum Gasteiger partial charge on any atom is 0.259 e. The standard InChI is InChI=1S/C19H18ClN3O5/c1-11-21-18(23-28-11)10-27-15-7-5-4-6-12(15)19(24)22-14-8-13(20)16(25-2)9-17(14)26-3/h4-9H,10H2,1-3H3,(H,22,24). The Morgan fingerprint density at radius 3 is 2.57 bits per heavy atom. The second-order valence-electron chi connectivity index (χ2n) is 5.66. The van der Waals surface area contributed by atoms with E-state index in [1.807, 2.05) is 0 Å². The summed E-state index contributed by atoms with van der Waals surface area (Å²) < 4.78 is 21.1. The Hall–Kier alpha value is -3.26. The first-order valence-electron chi connectivity index (χ1n) is 8.25. The van der Waals surface area contributed by atoms with Crippen molar-refractivity contribution in [2.24, 2.45) is 0 Å². The Bertz CT molecular complexity index is 989. The van der Waals surface area contributed by atoms with E-state index in [0.29, 0.717) is 45.2 Å². The highest BCUT2D eigenvalue weighted by atomic mass is 35.5. The third-order valence-corrected chi connectivity index (χ3v) is 4.08. The minimum atomic E-state index is -0.389. The molecule has 0 saturated carbocycles.